The third-order valence-corrected chi connectivity index (χ3v) is 2.98. The second kappa shape index (κ2) is 5.18. The second-order valence-electron chi connectivity index (χ2n) is 4.04. The van der Waals surface area contributed by atoms with Gasteiger partial charge in [0.25, 0.3) is 5.56 Å². The summed E-state index contributed by atoms with van der Waals surface area (Å²) in [6, 6.07) is 0. The standard InChI is InChI=1S/C11H14N4OS/c1-8-10(16)15(11(17)14-13-8)12-7-9-5-3-2-4-6-9/h2-3,7,9H,4-6H2,1H3,(H,14,17)/t9-/m1/s1. The molecule has 0 saturated heterocycles. The van der Waals surface area contributed by atoms with Crippen molar-refractivity contribution in [3.63, 3.8) is 0 Å². The van der Waals surface area contributed by atoms with Gasteiger partial charge in [0.05, 0.1) is 0 Å². The van der Waals surface area contributed by atoms with Crippen LogP contribution in [0.25, 0.3) is 0 Å². The lowest BCUT2D eigenvalue weighted by Crippen LogP contribution is -2.23. The molecular weight excluding hydrogens is 236 g/mol. The van der Waals surface area contributed by atoms with Crippen molar-refractivity contribution in [2.75, 3.05) is 0 Å². The maximum absolute atomic E-state index is 11.7. The van der Waals surface area contributed by atoms with Crippen LogP contribution in [0.2, 0.25) is 0 Å². The van der Waals surface area contributed by atoms with Gasteiger partial charge in [-0.25, -0.2) is 0 Å². The molecule has 2 rings (SSSR count). The van der Waals surface area contributed by atoms with Crippen LogP contribution in [0.3, 0.4) is 0 Å². The van der Waals surface area contributed by atoms with Crippen LogP contribution < -0.4 is 5.56 Å². The molecular formula is C11H14N4OS. The lowest BCUT2D eigenvalue weighted by Gasteiger charge is -2.11. The Bertz CT molecular complexity index is 570. The van der Waals surface area contributed by atoms with E-state index >= 15 is 0 Å². The highest BCUT2D eigenvalue weighted by molar-refractivity contribution is 7.71. The van der Waals surface area contributed by atoms with E-state index in [0.29, 0.717) is 11.6 Å². The average Bonchev–Trinajstić information content (AvgIpc) is 2.35. The van der Waals surface area contributed by atoms with Crippen LogP contribution in [0.4, 0.5) is 0 Å². The van der Waals surface area contributed by atoms with Crippen molar-refractivity contribution in [3.8, 4) is 0 Å². The van der Waals surface area contributed by atoms with Crippen molar-refractivity contribution in [2.45, 2.75) is 26.2 Å². The minimum absolute atomic E-state index is 0.225. The lowest BCUT2D eigenvalue weighted by molar-refractivity contribution is 0.617. The third-order valence-electron chi connectivity index (χ3n) is 2.72. The Morgan fingerprint density at radius 1 is 1.65 bits per heavy atom. The Morgan fingerprint density at radius 2 is 2.47 bits per heavy atom. The van der Waals surface area contributed by atoms with E-state index in [-0.39, 0.29) is 10.3 Å². The second-order valence-corrected chi connectivity index (χ2v) is 4.43. The molecule has 1 aromatic rings. The third kappa shape index (κ3) is 2.76. The van der Waals surface area contributed by atoms with E-state index in [1.54, 1.807) is 13.1 Å². The molecule has 1 heterocycles. The van der Waals surface area contributed by atoms with Gasteiger partial charge in [0.1, 0.15) is 5.69 Å². The summed E-state index contributed by atoms with van der Waals surface area (Å²) in [4.78, 5) is 11.7. The summed E-state index contributed by atoms with van der Waals surface area (Å²) < 4.78 is 1.42. The van der Waals surface area contributed by atoms with Gasteiger partial charge in [-0.1, -0.05) is 12.2 Å². The summed E-state index contributed by atoms with van der Waals surface area (Å²) in [5.41, 5.74) is 0.0932. The van der Waals surface area contributed by atoms with E-state index in [1.165, 1.54) is 4.68 Å². The predicted molar refractivity (Wildman–Crippen MR) is 68.8 cm³/mol. The van der Waals surface area contributed by atoms with Crippen LogP contribution in [0, 0.1) is 17.6 Å². The average molecular weight is 250 g/mol. The number of nitrogens with one attached hydrogen (secondary N) is 1. The van der Waals surface area contributed by atoms with Crippen molar-refractivity contribution >= 4 is 18.4 Å². The summed E-state index contributed by atoms with van der Waals surface area (Å²) in [6.07, 6.45) is 9.21. The predicted octanol–water partition coefficient (Wildman–Crippen LogP) is 1.80. The molecule has 0 fully saturated rings. The topological polar surface area (TPSA) is 63.0 Å². The van der Waals surface area contributed by atoms with E-state index in [2.05, 4.69) is 27.5 Å². The fraction of sp³-hybridized carbons (Fsp3) is 0.455. The van der Waals surface area contributed by atoms with Gasteiger partial charge in [-0.05, 0) is 44.3 Å². The van der Waals surface area contributed by atoms with Gasteiger partial charge >= 0.3 is 0 Å². The molecule has 6 heteroatoms. The molecule has 0 amide bonds. The SMILES string of the molecule is Cc1n[nH]c(=S)n(N=C[C@@H]2CC=CCC2)c1=O. The van der Waals surface area contributed by atoms with Gasteiger partial charge < -0.3 is 0 Å². The molecule has 0 aromatic carbocycles. The summed E-state index contributed by atoms with van der Waals surface area (Å²) in [5, 5.41) is 10.5. The van der Waals surface area contributed by atoms with Crippen molar-refractivity contribution in [2.24, 2.45) is 11.0 Å². The number of aromatic amines is 1. The summed E-state index contributed by atoms with van der Waals surface area (Å²) in [6.45, 7) is 1.63. The minimum Gasteiger partial charge on any atom is -0.265 e. The van der Waals surface area contributed by atoms with E-state index in [4.69, 9.17) is 12.2 Å². The van der Waals surface area contributed by atoms with Gasteiger partial charge in [0, 0.05) is 6.21 Å². The van der Waals surface area contributed by atoms with Crippen molar-refractivity contribution in [1.29, 1.82) is 0 Å². The number of aryl methyl sites for hydroxylation is 1. The minimum atomic E-state index is -0.267. The largest absolute Gasteiger partial charge is 0.296 e. The monoisotopic (exact) mass is 250 g/mol. The van der Waals surface area contributed by atoms with Crippen molar-refractivity contribution in [3.05, 3.63) is 33.0 Å². The summed E-state index contributed by atoms with van der Waals surface area (Å²) >= 11 is 4.98. The maximum Gasteiger partial charge on any atom is 0.296 e. The highest BCUT2D eigenvalue weighted by atomic mass is 32.1. The Morgan fingerprint density at radius 3 is 3.18 bits per heavy atom. The highest BCUT2D eigenvalue weighted by Crippen LogP contribution is 2.15. The van der Waals surface area contributed by atoms with Crippen molar-refractivity contribution < 1.29 is 0 Å². The van der Waals surface area contributed by atoms with Crippen LogP contribution in [0.1, 0.15) is 25.0 Å². The van der Waals surface area contributed by atoms with Crippen LogP contribution >= 0.6 is 12.2 Å². The summed E-state index contributed by atoms with van der Waals surface area (Å²) in [5.74, 6) is 0.384. The van der Waals surface area contributed by atoms with Gasteiger partial charge in [-0.2, -0.15) is 14.9 Å². The molecule has 0 bridgehead atoms. The quantitative estimate of drug-likeness (QED) is 0.494. The molecule has 0 radical (unpaired) electrons. The van der Waals surface area contributed by atoms with Gasteiger partial charge in [-0.15, -0.1) is 0 Å². The Balaban J connectivity index is 2.27. The molecule has 1 aliphatic rings. The van der Waals surface area contributed by atoms with Crippen LogP contribution in [-0.2, 0) is 0 Å². The Labute approximate surface area is 104 Å². The molecule has 0 unspecified atom stereocenters. The molecule has 17 heavy (non-hydrogen) atoms. The lowest BCUT2D eigenvalue weighted by atomic mass is 9.96. The van der Waals surface area contributed by atoms with Gasteiger partial charge in [0.2, 0.25) is 4.77 Å². The molecule has 1 atom stereocenters. The number of hydrogen-bond acceptors (Lipinski definition) is 4. The Kier molecular flexibility index (Phi) is 3.63. The first-order valence-electron chi connectivity index (χ1n) is 5.56. The Hall–Kier alpha value is -1.56. The molecule has 5 nitrogen and oxygen atoms in total. The fourth-order valence-electron chi connectivity index (χ4n) is 1.69. The first kappa shape index (κ1) is 11.9. The smallest absolute Gasteiger partial charge is 0.265 e. The number of hydrogen-bond donors (Lipinski definition) is 1. The van der Waals surface area contributed by atoms with Crippen LogP contribution in [0.15, 0.2) is 22.0 Å². The van der Waals surface area contributed by atoms with Gasteiger partial charge in [0.15, 0.2) is 0 Å². The van der Waals surface area contributed by atoms with Crippen molar-refractivity contribution in [1.82, 2.24) is 14.9 Å². The fourth-order valence-corrected chi connectivity index (χ4v) is 1.87. The number of aromatic nitrogens is 3. The van der Waals surface area contributed by atoms with Crippen LogP contribution in [-0.4, -0.2) is 21.1 Å². The normalized spacial score (nSPS) is 19.9. The molecule has 1 aromatic heterocycles. The zero-order chi connectivity index (χ0) is 12.3. The maximum atomic E-state index is 11.7. The van der Waals surface area contributed by atoms with E-state index < -0.39 is 0 Å². The van der Waals surface area contributed by atoms with E-state index in [9.17, 15) is 4.79 Å². The molecule has 1 N–H and O–H groups in total. The number of H-pyrrole nitrogens is 1. The molecule has 0 saturated carbocycles. The van der Waals surface area contributed by atoms with Gasteiger partial charge in [-0.3, -0.25) is 9.89 Å². The molecule has 1 aliphatic carbocycles. The van der Waals surface area contributed by atoms with E-state index in [0.717, 1.165) is 19.3 Å². The highest BCUT2D eigenvalue weighted by Gasteiger charge is 2.07. The zero-order valence-electron chi connectivity index (χ0n) is 9.59. The molecule has 0 spiro atoms. The first-order chi connectivity index (χ1) is 8.18. The first-order valence-corrected chi connectivity index (χ1v) is 5.97. The zero-order valence-corrected chi connectivity index (χ0v) is 10.4. The number of rotatable bonds is 2. The molecule has 0 aliphatic heterocycles. The number of allylic oxidation sites excluding steroid dienone is 2. The van der Waals surface area contributed by atoms with E-state index in [1.807, 2.05) is 0 Å². The molecule has 90 valence electrons. The number of nitrogens with zero attached hydrogens (tertiary/aromatic N) is 3. The van der Waals surface area contributed by atoms with Crippen LogP contribution in [0.5, 0.6) is 0 Å². The summed E-state index contributed by atoms with van der Waals surface area (Å²) in [7, 11) is 0.